The summed E-state index contributed by atoms with van der Waals surface area (Å²) in [5, 5.41) is 2.74. The van der Waals surface area contributed by atoms with Gasteiger partial charge in [0.15, 0.2) is 0 Å². The average molecular weight is 273 g/mol. The first kappa shape index (κ1) is 14.0. The van der Waals surface area contributed by atoms with Crippen molar-refractivity contribution in [1.29, 1.82) is 0 Å². The van der Waals surface area contributed by atoms with Crippen LogP contribution in [-0.4, -0.2) is 10.9 Å². The first-order valence-electron chi connectivity index (χ1n) is 6.22. The lowest BCUT2D eigenvalue weighted by Gasteiger charge is -2.08. The molecule has 3 N–H and O–H groups in total. The molecule has 0 atom stereocenters. The largest absolute Gasteiger partial charge is 0.399 e. The molecule has 0 aliphatic heterocycles. The molecule has 0 aliphatic carbocycles. The number of pyridine rings is 1. The molecule has 2 rings (SSSR count). The molecule has 0 saturated carbocycles. The molecule has 1 aromatic carbocycles. The van der Waals surface area contributed by atoms with Crippen LogP contribution >= 0.6 is 0 Å². The number of carbonyl (C=O) groups is 1. The van der Waals surface area contributed by atoms with Crippen molar-refractivity contribution < 1.29 is 9.18 Å². The van der Waals surface area contributed by atoms with Gasteiger partial charge in [0.25, 0.3) is 5.91 Å². The Labute approximate surface area is 116 Å². The van der Waals surface area contributed by atoms with Crippen molar-refractivity contribution in [2.45, 2.75) is 20.4 Å². The molecule has 0 saturated heterocycles. The number of aromatic nitrogens is 1. The van der Waals surface area contributed by atoms with Crippen molar-refractivity contribution >= 4 is 11.6 Å². The molecule has 0 fully saturated rings. The van der Waals surface area contributed by atoms with Gasteiger partial charge in [0.2, 0.25) is 0 Å². The van der Waals surface area contributed by atoms with Crippen molar-refractivity contribution in [3.8, 4) is 0 Å². The highest BCUT2D eigenvalue weighted by molar-refractivity contribution is 5.92. The number of anilines is 1. The van der Waals surface area contributed by atoms with E-state index in [1.165, 1.54) is 12.3 Å². The maximum atomic E-state index is 13.5. The molecule has 1 aromatic heterocycles. The quantitative estimate of drug-likeness (QED) is 0.902. The van der Waals surface area contributed by atoms with Gasteiger partial charge in [-0.2, -0.15) is 0 Å². The van der Waals surface area contributed by atoms with Gasteiger partial charge in [0.05, 0.1) is 0 Å². The van der Waals surface area contributed by atoms with Crippen LogP contribution in [0.15, 0.2) is 30.5 Å². The molecule has 0 aliphatic rings. The van der Waals surface area contributed by atoms with E-state index in [-0.39, 0.29) is 17.4 Å². The summed E-state index contributed by atoms with van der Waals surface area (Å²) in [7, 11) is 0. The van der Waals surface area contributed by atoms with Gasteiger partial charge in [-0.1, -0.05) is 12.1 Å². The van der Waals surface area contributed by atoms with E-state index in [2.05, 4.69) is 10.3 Å². The van der Waals surface area contributed by atoms with E-state index in [4.69, 9.17) is 5.73 Å². The Balaban J connectivity index is 2.07. The van der Waals surface area contributed by atoms with E-state index >= 15 is 0 Å². The lowest BCUT2D eigenvalue weighted by molar-refractivity contribution is 0.0946. The third-order valence-electron chi connectivity index (χ3n) is 2.97. The lowest BCUT2D eigenvalue weighted by Crippen LogP contribution is -2.24. The van der Waals surface area contributed by atoms with Gasteiger partial charge >= 0.3 is 0 Å². The molecule has 1 amide bonds. The third kappa shape index (κ3) is 3.12. The van der Waals surface area contributed by atoms with E-state index < -0.39 is 0 Å². The van der Waals surface area contributed by atoms with Crippen LogP contribution in [0.5, 0.6) is 0 Å². The zero-order valence-corrected chi connectivity index (χ0v) is 11.4. The monoisotopic (exact) mass is 273 g/mol. The number of hydrogen-bond acceptors (Lipinski definition) is 3. The van der Waals surface area contributed by atoms with Gasteiger partial charge in [-0.05, 0) is 42.7 Å². The fraction of sp³-hybridized carbons (Fsp3) is 0.200. The predicted octanol–water partition coefficient (Wildman–Crippen LogP) is 2.35. The summed E-state index contributed by atoms with van der Waals surface area (Å²) in [5.41, 5.74) is 8.33. The summed E-state index contributed by atoms with van der Waals surface area (Å²) in [5.74, 6) is -0.519. The Bertz CT molecular complexity index is 632. The second-order valence-electron chi connectivity index (χ2n) is 4.70. The molecular formula is C15H16FN3O. The number of nitrogens with zero attached hydrogens (tertiary/aromatic N) is 1. The molecule has 0 unspecified atom stereocenters. The number of nitrogens with two attached hydrogens (primary N) is 1. The van der Waals surface area contributed by atoms with Gasteiger partial charge in [0.1, 0.15) is 11.5 Å². The fourth-order valence-electron chi connectivity index (χ4n) is 1.98. The molecular weight excluding hydrogens is 257 g/mol. The normalized spacial score (nSPS) is 10.3. The number of aryl methyl sites for hydroxylation is 2. The van der Waals surface area contributed by atoms with E-state index in [1.54, 1.807) is 32.0 Å². The maximum Gasteiger partial charge on any atom is 0.270 e. The first-order valence-corrected chi connectivity index (χ1v) is 6.22. The zero-order chi connectivity index (χ0) is 14.7. The van der Waals surface area contributed by atoms with Crippen molar-refractivity contribution in [3.05, 3.63) is 58.7 Å². The minimum atomic E-state index is -0.308. The maximum absolute atomic E-state index is 13.5. The summed E-state index contributed by atoms with van der Waals surface area (Å²) < 4.78 is 13.5. The highest BCUT2D eigenvalue weighted by atomic mass is 19.1. The third-order valence-corrected chi connectivity index (χ3v) is 2.97. The molecule has 0 spiro atoms. The molecule has 20 heavy (non-hydrogen) atoms. The fourth-order valence-corrected chi connectivity index (χ4v) is 1.98. The van der Waals surface area contributed by atoms with E-state index in [0.29, 0.717) is 23.4 Å². The molecule has 5 heteroatoms. The number of halogens is 1. The van der Waals surface area contributed by atoms with Crippen LogP contribution in [-0.2, 0) is 6.54 Å². The summed E-state index contributed by atoms with van der Waals surface area (Å²) in [6, 6.07) is 6.56. The van der Waals surface area contributed by atoms with Gasteiger partial charge in [-0.25, -0.2) is 4.39 Å². The number of nitrogens with one attached hydrogen (secondary N) is 1. The number of hydrogen-bond donors (Lipinski definition) is 2. The van der Waals surface area contributed by atoms with Gasteiger partial charge in [0, 0.05) is 18.4 Å². The van der Waals surface area contributed by atoms with Gasteiger partial charge < -0.3 is 11.1 Å². The van der Waals surface area contributed by atoms with Crippen LogP contribution < -0.4 is 11.1 Å². The van der Waals surface area contributed by atoms with Crippen molar-refractivity contribution in [2.24, 2.45) is 0 Å². The Morgan fingerprint density at radius 1 is 1.30 bits per heavy atom. The van der Waals surface area contributed by atoms with E-state index in [1.807, 2.05) is 0 Å². The Morgan fingerprint density at radius 2 is 1.95 bits per heavy atom. The van der Waals surface area contributed by atoms with Crippen molar-refractivity contribution in [3.63, 3.8) is 0 Å². The van der Waals surface area contributed by atoms with Gasteiger partial charge in [-0.15, -0.1) is 0 Å². The van der Waals surface area contributed by atoms with Crippen LogP contribution in [0.2, 0.25) is 0 Å². The second kappa shape index (κ2) is 5.69. The van der Waals surface area contributed by atoms with E-state index in [9.17, 15) is 9.18 Å². The molecule has 0 radical (unpaired) electrons. The highest BCUT2D eigenvalue weighted by Gasteiger charge is 2.09. The average Bonchev–Trinajstić information content (AvgIpc) is 2.42. The first-order chi connectivity index (χ1) is 9.47. The summed E-state index contributed by atoms with van der Waals surface area (Å²) in [6.45, 7) is 3.72. The number of benzene rings is 1. The summed E-state index contributed by atoms with van der Waals surface area (Å²) >= 11 is 0. The highest BCUT2D eigenvalue weighted by Crippen LogP contribution is 2.14. The Hall–Kier alpha value is -2.43. The van der Waals surface area contributed by atoms with Crippen molar-refractivity contribution in [1.82, 2.24) is 10.3 Å². The molecule has 2 aromatic rings. The molecule has 4 nitrogen and oxygen atoms in total. The zero-order valence-electron chi connectivity index (χ0n) is 11.4. The minimum Gasteiger partial charge on any atom is -0.399 e. The van der Waals surface area contributed by atoms with Crippen LogP contribution in [0.25, 0.3) is 0 Å². The number of rotatable bonds is 3. The number of carbonyl (C=O) groups excluding carboxylic acids is 1. The predicted molar refractivity (Wildman–Crippen MR) is 75.7 cm³/mol. The lowest BCUT2D eigenvalue weighted by atomic mass is 10.1. The smallest absolute Gasteiger partial charge is 0.270 e. The second-order valence-corrected chi connectivity index (χ2v) is 4.70. The van der Waals surface area contributed by atoms with Crippen LogP contribution in [0, 0.1) is 19.7 Å². The minimum absolute atomic E-state index is 0.211. The van der Waals surface area contributed by atoms with Crippen molar-refractivity contribution in [2.75, 3.05) is 5.73 Å². The SMILES string of the molecule is Cc1cc(CNC(=O)c2cc(N)ccn2)cc(C)c1F. The van der Waals surface area contributed by atoms with Crippen LogP contribution in [0.3, 0.4) is 0 Å². The van der Waals surface area contributed by atoms with E-state index in [0.717, 1.165) is 5.56 Å². The van der Waals surface area contributed by atoms with Crippen LogP contribution in [0.4, 0.5) is 10.1 Å². The Morgan fingerprint density at radius 3 is 2.55 bits per heavy atom. The number of nitrogen functional groups attached to an aromatic ring is 1. The van der Waals surface area contributed by atoms with Gasteiger partial charge in [-0.3, -0.25) is 9.78 Å². The number of amides is 1. The summed E-state index contributed by atoms with van der Waals surface area (Å²) in [6.07, 6.45) is 1.48. The molecule has 0 bridgehead atoms. The van der Waals surface area contributed by atoms with Crippen LogP contribution in [0.1, 0.15) is 27.2 Å². The molecule has 1 heterocycles. The standard InChI is InChI=1S/C15H16FN3O/c1-9-5-11(6-10(2)14(9)16)8-19-15(20)13-7-12(17)3-4-18-13/h3-7H,8H2,1-2H3,(H2,17,18)(H,19,20). The molecule has 104 valence electrons. The Kier molecular flexibility index (Phi) is 3.98. The topological polar surface area (TPSA) is 68.0 Å². The summed E-state index contributed by atoms with van der Waals surface area (Å²) in [4.78, 5) is 15.9.